The number of methoxy groups -OCH3 is 1. The van der Waals surface area contributed by atoms with Gasteiger partial charge in [-0.3, -0.25) is 0 Å². The quantitative estimate of drug-likeness (QED) is 0.388. The standard InChI is InChI=1S/C15H33NO5/c1-3-4-7-19-11-12-21-14-15(17)13-16-6-5-8-20-10-9-18-2/h15-17H,3-14H2,1-2H3. The lowest BCUT2D eigenvalue weighted by molar-refractivity contribution is 0.00376. The zero-order valence-corrected chi connectivity index (χ0v) is 13.6. The summed E-state index contributed by atoms with van der Waals surface area (Å²) in [5, 5.41) is 12.9. The number of nitrogens with one attached hydrogen (secondary N) is 1. The van der Waals surface area contributed by atoms with E-state index in [1.807, 2.05) is 0 Å². The minimum Gasteiger partial charge on any atom is -0.389 e. The van der Waals surface area contributed by atoms with Crippen LogP contribution in [0.2, 0.25) is 0 Å². The highest BCUT2D eigenvalue weighted by molar-refractivity contribution is 4.58. The number of rotatable bonds is 17. The summed E-state index contributed by atoms with van der Waals surface area (Å²) >= 11 is 0. The lowest BCUT2D eigenvalue weighted by Crippen LogP contribution is -2.31. The van der Waals surface area contributed by atoms with Gasteiger partial charge in [-0.25, -0.2) is 0 Å². The molecule has 1 atom stereocenters. The van der Waals surface area contributed by atoms with Gasteiger partial charge in [-0.05, 0) is 19.4 Å². The van der Waals surface area contributed by atoms with Crippen LogP contribution in [-0.4, -0.2) is 77.7 Å². The largest absolute Gasteiger partial charge is 0.389 e. The number of aliphatic hydroxyl groups is 1. The van der Waals surface area contributed by atoms with Crippen molar-refractivity contribution < 1.29 is 24.1 Å². The highest BCUT2D eigenvalue weighted by atomic mass is 16.5. The molecule has 0 fully saturated rings. The summed E-state index contributed by atoms with van der Waals surface area (Å²) in [6, 6.07) is 0. The Morgan fingerprint density at radius 1 is 0.905 bits per heavy atom. The first-order valence-corrected chi connectivity index (χ1v) is 7.92. The molecule has 0 aliphatic heterocycles. The Morgan fingerprint density at radius 3 is 2.29 bits per heavy atom. The van der Waals surface area contributed by atoms with Gasteiger partial charge < -0.3 is 29.4 Å². The van der Waals surface area contributed by atoms with Gasteiger partial charge in [-0.1, -0.05) is 13.3 Å². The summed E-state index contributed by atoms with van der Waals surface area (Å²) in [4.78, 5) is 0. The second-order valence-electron chi connectivity index (χ2n) is 4.86. The van der Waals surface area contributed by atoms with Gasteiger partial charge in [0.25, 0.3) is 0 Å². The van der Waals surface area contributed by atoms with Crippen molar-refractivity contribution >= 4 is 0 Å². The third-order valence-corrected chi connectivity index (χ3v) is 2.78. The van der Waals surface area contributed by atoms with Crippen molar-refractivity contribution in [1.29, 1.82) is 0 Å². The van der Waals surface area contributed by atoms with Crippen molar-refractivity contribution in [3.8, 4) is 0 Å². The van der Waals surface area contributed by atoms with Gasteiger partial charge in [-0.2, -0.15) is 0 Å². The van der Waals surface area contributed by atoms with Crippen LogP contribution in [0.3, 0.4) is 0 Å². The predicted molar refractivity (Wildman–Crippen MR) is 82.7 cm³/mol. The molecule has 6 heteroatoms. The van der Waals surface area contributed by atoms with E-state index in [1.165, 1.54) is 0 Å². The molecule has 0 saturated carbocycles. The Labute approximate surface area is 129 Å². The molecule has 21 heavy (non-hydrogen) atoms. The van der Waals surface area contributed by atoms with Crippen LogP contribution in [0.4, 0.5) is 0 Å². The van der Waals surface area contributed by atoms with Gasteiger partial charge in [0.2, 0.25) is 0 Å². The second-order valence-corrected chi connectivity index (χ2v) is 4.86. The molecule has 0 saturated heterocycles. The van der Waals surface area contributed by atoms with E-state index in [4.69, 9.17) is 18.9 Å². The van der Waals surface area contributed by atoms with E-state index >= 15 is 0 Å². The van der Waals surface area contributed by atoms with Gasteiger partial charge in [0.15, 0.2) is 0 Å². The summed E-state index contributed by atoms with van der Waals surface area (Å²) < 4.78 is 20.9. The molecule has 2 N–H and O–H groups in total. The molecule has 0 bridgehead atoms. The van der Waals surface area contributed by atoms with E-state index in [0.717, 1.165) is 32.4 Å². The lowest BCUT2D eigenvalue weighted by atomic mass is 10.3. The molecule has 6 nitrogen and oxygen atoms in total. The summed E-state index contributed by atoms with van der Waals surface area (Å²) in [5.41, 5.74) is 0. The fourth-order valence-corrected chi connectivity index (χ4v) is 1.56. The molecule has 0 aliphatic carbocycles. The van der Waals surface area contributed by atoms with Gasteiger partial charge >= 0.3 is 0 Å². The predicted octanol–water partition coefficient (Wildman–Crippen LogP) is 0.823. The first-order chi connectivity index (χ1) is 10.3. The maximum Gasteiger partial charge on any atom is 0.0897 e. The Hall–Kier alpha value is -0.240. The fraction of sp³-hybridized carbons (Fsp3) is 1.00. The summed E-state index contributed by atoms with van der Waals surface area (Å²) in [5.74, 6) is 0. The monoisotopic (exact) mass is 307 g/mol. The van der Waals surface area contributed by atoms with E-state index in [-0.39, 0.29) is 0 Å². The Bertz CT molecular complexity index is 195. The zero-order chi connectivity index (χ0) is 15.6. The second kappa shape index (κ2) is 17.8. The van der Waals surface area contributed by atoms with Gasteiger partial charge in [0.1, 0.15) is 0 Å². The van der Waals surface area contributed by atoms with Crippen molar-refractivity contribution in [3.05, 3.63) is 0 Å². The summed E-state index contributed by atoms with van der Waals surface area (Å²) in [6.07, 6.45) is 2.67. The molecule has 0 rings (SSSR count). The van der Waals surface area contributed by atoms with E-state index in [9.17, 15) is 5.11 Å². The van der Waals surface area contributed by atoms with Crippen molar-refractivity contribution in [2.45, 2.75) is 32.3 Å². The highest BCUT2D eigenvalue weighted by Gasteiger charge is 2.03. The van der Waals surface area contributed by atoms with E-state index < -0.39 is 6.10 Å². The normalized spacial score (nSPS) is 12.7. The molecular weight excluding hydrogens is 274 g/mol. The summed E-state index contributed by atoms with van der Waals surface area (Å²) in [6.45, 7) is 7.73. The average Bonchev–Trinajstić information content (AvgIpc) is 2.49. The molecule has 0 aromatic rings. The van der Waals surface area contributed by atoms with Crippen LogP contribution in [0.25, 0.3) is 0 Å². The first-order valence-electron chi connectivity index (χ1n) is 7.92. The van der Waals surface area contributed by atoms with Crippen LogP contribution in [0.1, 0.15) is 26.2 Å². The molecule has 128 valence electrons. The Kier molecular flexibility index (Phi) is 17.6. The number of ether oxygens (including phenoxy) is 4. The molecule has 0 amide bonds. The maximum absolute atomic E-state index is 9.69. The van der Waals surface area contributed by atoms with Crippen LogP contribution >= 0.6 is 0 Å². The third-order valence-electron chi connectivity index (χ3n) is 2.78. The maximum atomic E-state index is 9.69. The van der Waals surface area contributed by atoms with Crippen LogP contribution < -0.4 is 5.32 Å². The number of unbranched alkanes of at least 4 members (excludes halogenated alkanes) is 1. The number of hydrogen-bond donors (Lipinski definition) is 2. The molecule has 0 aliphatic rings. The van der Waals surface area contributed by atoms with Crippen LogP contribution in [0, 0.1) is 0 Å². The highest BCUT2D eigenvalue weighted by Crippen LogP contribution is 1.89. The summed E-state index contributed by atoms with van der Waals surface area (Å²) in [7, 11) is 1.66. The van der Waals surface area contributed by atoms with E-state index in [1.54, 1.807) is 7.11 Å². The van der Waals surface area contributed by atoms with Crippen molar-refractivity contribution in [2.24, 2.45) is 0 Å². The first kappa shape index (κ1) is 20.8. The van der Waals surface area contributed by atoms with Crippen LogP contribution in [-0.2, 0) is 18.9 Å². The van der Waals surface area contributed by atoms with Crippen LogP contribution in [0.5, 0.6) is 0 Å². The molecule has 0 heterocycles. The fourth-order valence-electron chi connectivity index (χ4n) is 1.56. The Morgan fingerprint density at radius 2 is 1.57 bits per heavy atom. The molecule has 0 radical (unpaired) electrons. The lowest BCUT2D eigenvalue weighted by Gasteiger charge is -2.12. The molecule has 0 aromatic carbocycles. The molecular formula is C15H33NO5. The third kappa shape index (κ3) is 17.7. The minimum atomic E-state index is -0.477. The average molecular weight is 307 g/mol. The minimum absolute atomic E-state index is 0.342. The SMILES string of the molecule is CCCCOCCOCC(O)CNCCCOCCOC. The zero-order valence-electron chi connectivity index (χ0n) is 13.6. The van der Waals surface area contributed by atoms with Gasteiger partial charge in [-0.15, -0.1) is 0 Å². The van der Waals surface area contributed by atoms with Crippen LogP contribution in [0.15, 0.2) is 0 Å². The number of aliphatic hydroxyl groups excluding tert-OH is 1. The van der Waals surface area contributed by atoms with Gasteiger partial charge in [0, 0.05) is 26.9 Å². The molecule has 0 aromatic heterocycles. The van der Waals surface area contributed by atoms with Gasteiger partial charge in [0.05, 0.1) is 39.1 Å². The van der Waals surface area contributed by atoms with Crippen molar-refractivity contribution in [1.82, 2.24) is 5.32 Å². The van der Waals surface area contributed by atoms with Crippen molar-refractivity contribution in [3.63, 3.8) is 0 Å². The molecule has 0 spiro atoms. The number of hydrogen-bond acceptors (Lipinski definition) is 6. The molecule has 1 unspecified atom stereocenters. The Balaban J connectivity index is 3.11. The smallest absolute Gasteiger partial charge is 0.0897 e. The van der Waals surface area contributed by atoms with E-state index in [0.29, 0.717) is 46.2 Å². The van der Waals surface area contributed by atoms with E-state index in [2.05, 4.69) is 12.2 Å². The topological polar surface area (TPSA) is 69.2 Å². The van der Waals surface area contributed by atoms with Crippen molar-refractivity contribution in [2.75, 3.05) is 66.4 Å².